The van der Waals surface area contributed by atoms with E-state index in [1.54, 1.807) is 0 Å². The predicted octanol–water partition coefficient (Wildman–Crippen LogP) is 1.98. The lowest BCUT2D eigenvalue weighted by Gasteiger charge is -2.44. The number of fused-ring (bicyclic) bond motifs is 2. The molecule has 0 radical (unpaired) electrons. The van der Waals surface area contributed by atoms with Gasteiger partial charge in [-0.3, -0.25) is 9.80 Å². The van der Waals surface area contributed by atoms with E-state index in [1.807, 2.05) is 0 Å². The van der Waals surface area contributed by atoms with Gasteiger partial charge >= 0.3 is 0 Å². The molecule has 4 rings (SSSR count). The number of nitrogens with one attached hydrogen (secondary N) is 1. The summed E-state index contributed by atoms with van der Waals surface area (Å²) < 4.78 is 5.64. The average Bonchev–Trinajstić information content (AvgIpc) is 2.55. The summed E-state index contributed by atoms with van der Waals surface area (Å²) in [5, 5.41) is 3.71. The lowest BCUT2D eigenvalue weighted by atomic mass is 9.95. The normalized spacial score (nSPS) is 26.8. The lowest BCUT2D eigenvalue weighted by molar-refractivity contribution is -0.0460. The van der Waals surface area contributed by atoms with Gasteiger partial charge in [-0.05, 0) is 17.5 Å². The maximum atomic E-state index is 5.64. The molecule has 0 aromatic heterocycles. The highest BCUT2D eigenvalue weighted by Crippen LogP contribution is 2.19. The number of ether oxygens (including phenoxy) is 1. The molecule has 7 heteroatoms. The Kier molecular flexibility index (Phi) is 9.31. The Hall–Kier alpha value is -0.0700. The molecule has 1 N–H and O–H groups in total. The van der Waals surface area contributed by atoms with E-state index in [-0.39, 0.29) is 37.2 Å². The average molecular weight is 397 g/mol. The van der Waals surface area contributed by atoms with E-state index in [4.69, 9.17) is 4.74 Å². The van der Waals surface area contributed by atoms with Crippen LogP contribution in [0.5, 0.6) is 0 Å². The van der Waals surface area contributed by atoms with Crippen LogP contribution in [-0.4, -0.2) is 67.8 Å². The van der Waals surface area contributed by atoms with Crippen molar-refractivity contribution in [1.29, 1.82) is 0 Å². The largest absolute Gasteiger partial charge is 0.378 e. The summed E-state index contributed by atoms with van der Waals surface area (Å²) in [5.41, 5.74) is 3.00. The van der Waals surface area contributed by atoms with Crippen molar-refractivity contribution in [3.05, 3.63) is 35.4 Å². The van der Waals surface area contributed by atoms with Crippen LogP contribution in [0.25, 0.3) is 0 Å². The Labute approximate surface area is 163 Å². The Morgan fingerprint density at radius 1 is 1.04 bits per heavy atom. The first kappa shape index (κ1) is 22.0. The first-order valence-electron chi connectivity index (χ1n) is 8.23. The van der Waals surface area contributed by atoms with Crippen LogP contribution in [0, 0.1) is 0 Å². The topological polar surface area (TPSA) is 27.7 Å². The first-order chi connectivity index (χ1) is 10.4. The van der Waals surface area contributed by atoms with Crippen molar-refractivity contribution in [2.75, 3.05) is 45.9 Å². The Balaban J connectivity index is 0.000000960. The summed E-state index contributed by atoms with van der Waals surface area (Å²) in [5.74, 6) is 0. The Bertz CT molecular complexity index is 506. The minimum absolute atomic E-state index is 0. The number of hydrogen-bond donors (Lipinski definition) is 1. The number of nitrogens with zero attached hydrogens (tertiary/aromatic N) is 2. The smallest absolute Gasteiger partial charge is 0.0634 e. The van der Waals surface area contributed by atoms with E-state index in [1.165, 1.54) is 37.3 Å². The molecule has 3 heterocycles. The molecule has 0 saturated carbocycles. The van der Waals surface area contributed by atoms with Gasteiger partial charge in [-0.15, -0.1) is 37.2 Å². The van der Waals surface area contributed by atoms with Gasteiger partial charge in [0.25, 0.3) is 0 Å². The molecule has 3 aliphatic rings. The van der Waals surface area contributed by atoms with E-state index in [0.29, 0.717) is 12.1 Å². The fourth-order valence-electron chi connectivity index (χ4n) is 3.94. The van der Waals surface area contributed by atoms with Crippen molar-refractivity contribution in [1.82, 2.24) is 15.1 Å². The molecular weight excluding hydrogens is 369 g/mol. The predicted molar refractivity (Wildman–Crippen MR) is 105 cm³/mol. The molecule has 0 unspecified atom stereocenters. The maximum Gasteiger partial charge on any atom is 0.0634 e. The van der Waals surface area contributed by atoms with E-state index < -0.39 is 0 Å². The zero-order valence-corrected chi connectivity index (χ0v) is 16.3. The van der Waals surface area contributed by atoms with Gasteiger partial charge in [0.1, 0.15) is 0 Å². The van der Waals surface area contributed by atoms with Crippen LogP contribution in [0.2, 0.25) is 0 Å². The molecule has 0 spiro atoms. The molecule has 0 amide bonds. The summed E-state index contributed by atoms with van der Waals surface area (Å²) in [4.78, 5) is 5.23. The number of piperazine rings is 1. The second kappa shape index (κ2) is 10.2. The summed E-state index contributed by atoms with van der Waals surface area (Å²) >= 11 is 0. The summed E-state index contributed by atoms with van der Waals surface area (Å²) in [6.07, 6.45) is 1.16. The summed E-state index contributed by atoms with van der Waals surface area (Å²) in [6, 6.07) is 10.1. The molecule has 138 valence electrons. The van der Waals surface area contributed by atoms with Crippen molar-refractivity contribution >= 4 is 37.2 Å². The molecule has 0 bridgehead atoms. The zero-order valence-electron chi connectivity index (χ0n) is 13.9. The molecule has 4 nitrogen and oxygen atoms in total. The van der Waals surface area contributed by atoms with Crippen molar-refractivity contribution in [2.45, 2.75) is 25.0 Å². The third kappa shape index (κ3) is 4.98. The van der Waals surface area contributed by atoms with E-state index in [9.17, 15) is 0 Å². The SMILES string of the molecule is Cl.Cl.Cl.c1ccc2c(c1)CN[C@H](CN1CCN3CCOC[C@H]3C1)C2. The minimum atomic E-state index is 0. The maximum absolute atomic E-state index is 5.64. The van der Waals surface area contributed by atoms with Crippen molar-refractivity contribution < 1.29 is 4.74 Å². The molecule has 1 aromatic carbocycles. The molecule has 1 aromatic rings. The number of morpholine rings is 1. The van der Waals surface area contributed by atoms with Crippen molar-refractivity contribution in [3.8, 4) is 0 Å². The Morgan fingerprint density at radius 2 is 1.83 bits per heavy atom. The van der Waals surface area contributed by atoms with Gasteiger partial charge in [-0.2, -0.15) is 0 Å². The second-order valence-electron chi connectivity index (χ2n) is 6.57. The van der Waals surface area contributed by atoms with Gasteiger partial charge < -0.3 is 10.1 Å². The summed E-state index contributed by atoms with van der Waals surface area (Å²) in [6.45, 7) is 8.71. The Morgan fingerprint density at radius 3 is 2.67 bits per heavy atom. The van der Waals surface area contributed by atoms with E-state index in [2.05, 4.69) is 39.4 Å². The number of halogens is 3. The third-order valence-corrected chi connectivity index (χ3v) is 5.17. The van der Waals surface area contributed by atoms with Crippen LogP contribution in [0.4, 0.5) is 0 Å². The molecule has 2 saturated heterocycles. The van der Waals surface area contributed by atoms with Gasteiger partial charge in [0.05, 0.1) is 13.2 Å². The second-order valence-corrected chi connectivity index (χ2v) is 6.57. The van der Waals surface area contributed by atoms with Crippen LogP contribution in [-0.2, 0) is 17.7 Å². The minimum Gasteiger partial charge on any atom is -0.378 e. The van der Waals surface area contributed by atoms with Crippen LogP contribution in [0.15, 0.2) is 24.3 Å². The van der Waals surface area contributed by atoms with Gasteiger partial charge in [0.15, 0.2) is 0 Å². The molecule has 3 aliphatic heterocycles. The number of rotatable bonds is 2. The highest BCUT2D eigenvalue weighted by Gasteiger charge is 2.30. The van der Waals surface area contributed by atoms with Crippen molar-refractivity contribution in [3.63, 3.8) is 0 Å². The fraction of sp³-hybridized carbons (Fsp3) is 0.647. The van der Waals surface area contributed by atoms with E-state index in [0.717, 1.165) is 32.7 Å². The first-order valence-corrected chi connectivity index (χ1v) is 8.23. The standard InChI is InChI=1S/C17H25N3O.3ClH/c1-2-4-15-10-18-16(9-14(15)3-1)11-19-5-6-20-7-8-21-13-17(20)12-19;;;/h1-4,16-18H,5-13H2;3*1H/t16-,17+;;;/m0.../s1. The zero-order chi connectivity index (χ0) is 14.1. The molecule has 2 atom stereocenters. The molecule has 2 fully saturated rings. The van der Waals surface area contributed by atoms with Gasteiger partial charge in [0, 0.05) is 51.4 Å². The van der Waals surface area contributed by atoms with Crippen molar-refractivity contribution in [2.24, 2.45) is 0 Å². The van der Waals surface area contributed by atoms with Gasteiger partial charge in [0.2, 0.25) is 0 Å². The lowest BCUT2D eigenvalue weighted by Crippen LogP contribution is -2.59. The highest BCUT2D eigenvalue weighted by atomic mass is 35.5. The fourth-order valence-corrected chi connectivity index (χ4v) is 3.94. The molecular formula is C17H28Cl3N3O. The van der Waals surface area contributed by atoms with E-state index >= 15 is 0 Å². The van der Waals surface area contributed by atoms with Gasteiger partial charge in [-0.1, -0.05) is 24.3 Å². The van der Waals surface area contributed by atoms with Gasteiger partial charge in [-0.25, -0.2) is 0 Å². The molecule has 0 aliphatic carbocycles. The molecule has 24 heavy (non-hydrogen) atoms. The van der Waals surface area contributed by atoms with Crippen LogP contribution >= 0.6 is 37.2 Å². The summed E-state index contributed by atoms with van der Waals surface area (Å²) in [7, 11) is 0. The van der Waals surface area contributed by atoms with Crippen LogP contribution in [0.1, 0.15) is 11.1 Å². The number of hydrogen-bond acceptors (Lipinski definition) is 4. The quantitative estimate of drug-likeness (QED) is 0.827. The third-order valence-electron chi connectivity index (χ3n) is 5.17. The van der Waals surface area contributed by atoms with Crippen LogP contribution < -0.4 is 5.32 Å². The number of benzene rings is 1. The highest BCUT2D eigenvalue weighted by molar-refractivity contribution is 5.86. The monoisotopic (exact) mass is 395 g/mol. The van der Waals surface area contributed by atoms with Crippen LogP contribution in [0.3, 0.4) is 0 Å².